The van der Waals surface area contributed by atoms with Gasteiger partial charge in [-0.15, -0.1) is 0 Å². The summed E-state index contributed by atoms with van der Waals surface area (Å²) in [7, 11) is -3.12. The maximum atomic E-state index is 12.3. The highest BCUT2D eigenvalue weighted by Crippen LogP contribution is 2.50. The average Bonchev–Trinajstić information content (AvgIpc) is 2.31. The fourth-order valence-corrected chi connectivity index (χ4v) is 4.37. The number of rotatable bonds is 2. The van der Waals surface area contributed by atoms with Crippen molar-refractivity contribution in [2.24, 2.45) is 0 Å². The second kappa shape index (κ2) is 4.51. The summed E-state index contributed by atoms with van der Waals surface area (Å²) in [6.07, 6.45) is 5.22. The minimum atomic E-state index is -3.12. The standard InChI is InChI=1S/C12H17O2P/c13-15(14,11-7-3-1-4-8-11)12-9-5-2-6-10-12/h1,3-4,7-8,12H,2,5-6,9-10H2,(H,13,14). The first kappa shape index (κ1) is 10.9. The van der Waals surface area contributed by atoms with E-state index in [0.717, 1.165) is 25.7 Å². The monoisotopic (exact) mass is 224 g/mol. The van der Waals surface area contributed by atoms with Gasteiger partial charge in [-0.05, 0) is 25.0 Å². The molecule has 0 spiro atoms. The molecule has 1 aliphatic rings. The van der Waals surface area contributed by atoms with Crippen LogP contribution >= 0.6 is 7.37 Å². The minimum Gasteiger partial charge on any atom is -0.341 e. The van der Waals surface area contributed by atoms with Crippen LogP contribution < -0.4 is 5.30 Å². The Morgan fingerprint density at radius 3 is 2.27 bits per heavy atom. The van der Waals surface area contributed by atoms with Crippen molar-refractivity contribution < 1.29 is 9.46 Å². The molecule has 0 amide bonds. The maximum absolute atomic E-state index is 12.3. The molecule has 1 aliphatic carbocycles. The van der Waals surface area contributed by atoms with Gasteiger partial charge in [0.25, 0.3) is 0 Å². The molecule has 1 fully saturated rings. The largest absolute Gasteiger partial charge is 0.341 e. The van der Waals surface area contributed by atoms with E-state index in [1.54, 1.807) is 12.1 Å². The van der Waals surface area contributed by atoms with Crippen molar-refractivity contribution in [1.29, 1.82) is 0 Å². The van der Waals surface area contributed by atoms with Gasteiger partial charge >= 0.3 is 0 Å². The van der Waals surface area contributed by atoms with E-state index in [4.69, 9.17) is 0 Å². The highest BCUT2D eigenvalue weighted by atomic mass is 31.2. The third-order valence-electron chi connectivity index (χ3n) is 3.20. The van der Waals surface area contributed by atoms with Gasteiger partial charge in [0.05, 0.1) is 0 Å². The van der Waals surface area contributed by atoms with Gasteiger partial charge in [-0.1, -0.05) is 37.5 Å². The lowest BCUT2D eigenvalue weighted by Gasteiger charge is -2.26. The van der Waals surface area contributed by atoms with Crippen LogP contribution in [-0.4, -0.2) is 10.6 Å². The summed E-state index contributed by atoms with van der Waals surface area (Å²) in [5.41, 5.74) is -0.00588. The van der Waals surface area contributed by atoms with E-state index in [1.807, 2.05) is 18.2 Å². The van der Waals surface area contributed by atoms with Crippen molar-refractivity contribution >= 4 is 12.7 Å². The molecule has 0 bridgehead atoms. The van der Waals surface area contributed by atoms with Crippen LogP contribution in [0.5, 0.6) is 0 Å². The second-order valence-electron chi connectivity index (χ2n) is 4.25. The van der Waals surface area contributed by atoms with Crippen LogP contribution in [-0.2, 0) is 4.57 Å². The third-order valence-corrected chi connectivity index (χ3v) is 5.74. The lowest BCUT2D eigenvalue weighted by atomic mass is 10.0. The van der Waals surface area contributed by atoms with Gasteiger partial charge in [0.1, 0.15) is 0 Å². The van der Waals surface area contributed by atoms with E-state index in [2.05, 4.69) is 0 Å². The molecule has 3 heteroatoms. The Hall–Kier alpha value is -0.590. The molecule has 2 nitrogen and oxygen atoms in total. The number of hydrogen-bond donors (Lipinski definition) is 1. The molecule has 1 saturated carbocycles. The van der Waals surface area contributed by atoms with Crippen LogP contribution in [0.1, 0.15) is 32.1 Å². The van der Waals surface area contributed by atoms with Gasteiger partial charge < -0.3 is 4.89 Å². The normalized spacial score (nSPS) is 22.2. The summed E-state index contributed by atoms with van der Waals surface area (Å²) in [5.74, 6) is 0. The van der Waals surface area contributed by atoms with Gasteiger partial charge in [-0.2, -0.15) is 0 Å². The summed E-state index contributed by atoms with van der Waals surface area (Å²) in [5, 5.41) is 0.622. The zero-order valence-electron chi connectivity index (χ0n) is 8.80. The lowest BCUT2D eigenvalue weighted by molar-refractivity contribution is 0.431. The van der Waals surface area contributed by atoms with Crippen LogP contribution in [0.4, 0.5) is 0 Å². The van der Waals surface area contributed by atoms with Crippen LogP contribution in [0.25, 0.3) is 0 Å². The molecule has 1 atom stereocenters. The highest BCUT2D eigenvalue weighted by Gasteiger charge is 2.33. The Morgan fingerprint density at radius 2 is 1.67 bits per heavy atom. The van der Waals surface area contributed by atoms with Gasteiger partial charge in [0.15, 0.2) is 0 Å². The molecule has 2 rings (SSSR count). The molecule has 0 heterocycles. The third kappa shape index (κ3) is 2.32. The number of benzene rings is 1. The molecule has 0 aliphatic heterocycles. The van der Waals surface area contributed by atoms with Crippen molar-refractivity contribution in [3.05, 3.63) is 30.3 Å². The van der Waals surface area contributed by atoms with Crippen molar-refractivity contribution in [2.45, 2.75) is 37.8 Å². The quantitative estimate of drug-likeness (QED) is 0.784. The fourth-order valence-electron chi connectivity index (χ4n) is 2.28. The molecule has 1 aromatic carbocycles. The molecule has 1 unspecified atom stereocenters. The first-order valence-electron chi connectivity index (χ1n) is 5.59. The van der Waals surface area contributed by atoms with E-state index < -0.39 is 7.37 Å². The van der Waals surface area contributed by atoms with E-state index in [0.29, 0.717) is 5.30 Å². The maximum Gasteiger partial charge on any atom is 0.232 e. The first-order valence-corrected chi connectivity index (χ1v) is 7.32. The predicted octanol–water partition coefficient (Wildman–Crippen LogP) is 2.92. The zero-order chi connectivity index (χ0) is 10.7. The summed E-state index contributed by atoms with van der Waals surface area (Å²) >= 11 is 0. The Kier molecular flexibility index (Phi) is 3.28. The Balaban J connectivity index is 2.22. The highest BCUT2D eigenvalue weighted by molar-refractivity contribution is 7.66. The topological polar surface area (TPSA) is 37.3 Å². The van der Waals surface area contributed by atoms with Gasteiger partial charge in [0, 0.05) is 11.0 Å². The number of hydrogen-bond acceptors (Lipinski definition) is 1. The molecule has 82 valence electrons. The van der Waals surface area contributed by atoms with E-state index >= 15 is 0 Å². The van der Waals surface area contributed by atoms with Crippen molar-refractivity contribution in [3.8, 4) is 0 Å². The summed E-state index contributed by atoms with van der Waals surface area (Å²) < 4.78 is 12.3. The molecular formula is C12H17O2P. The van der Waals surface area contributed by atoms with Crippen LogP contribution in [0.15, 0.2) is 30.3 Å². The van der Waals surface area contributed by atoms with Crippen LogP contribution in [0, 0.1) is 0 Å². The van der Waals surface area contributed by atoms with Crippen molar-refractivity contribution in [1.82, 2.24) is 0 Å². The van der Waals surface area contributed by atoms with Crippen molar-refractivity contribution in [3.63, 3.8) is 0 Å². The smallest absolute Gasteiger partial charge is 0.232 e. The average molecular weight is 224 g/mol. The van der Waals surface area contributed by atoms with Gasteiger partial charge in [-0.25, -0.2) is 0 Å². The molecule has 1 aromatic rings. The van der Waals surface area contributed by atoms with E-state index in [1.165, 1.54) is 6.42 Å². The van der Waals surface area contributed by atoms with Crippen LogP contribution in [0.2, 0.25) is 0 Å². The molecule has 0 radical (unpaired) electrons. The fraction of sp³-hybridized carbons (Fsp3) is 0.500. The molecule has 15 heavy (non-hydrogen) atoms. The first-order chi connectivity index (χ1) is 7.21. The Bertz CT molecular complexity index is 355. The summed E-state index contributed by atoms with van der Waals surface area (Å²) in [6, 6.07) is 9.09. The molecule has 0 aromatic heterocycles. The minimum absolute atomic E-state index is 0.00588. The van der Waals surface area contributed by atoms with E-state index in [-0.39, 0.29) is 5.66 Å². The van der Waals surface area contributed by atoms with Crippen LogP contribution in [0.3, 0.4) is 0 Å². The lowest BCUT2D eigenvalue weighted by Crippen LogP contribution is -2.19. The summed E-state index contributed by atoms with van der Waals surface area (Å²) in [6.45, 7) is 0. The second-order valence-corrected chi connectivity index (χ2v) is 6.74. The molecule has 1 N–H and O–H groups in total. The summed E-state index contributed by atoms with van der Waals surface area (Å²) in [4.78, 5) is 10.2. The molecular weight excluding hydrogens is 207 g/mol. The Labute approximate surface area is 90.8 Å². The predicted molar refractivity (Wildman–Crippen MR) is 62.8 cm³/mol. The van der Waals surface area contributed by atoms with E-state index in [9.17, 15) is 9.46 Å². The molecule has 0 saturated heterocycles. The zero-order valence-corrected chi connectivity index (χ0v) is 9.70. The Morgan fingerprint density at radius 1 is 1.07 bits per heavy atom. The SMILES string of the molecule is O=P(O)(c1ccccc1)C1CCCCC1. The van der Waals surface area contributed by atoms with Crippen molar-refractivity contribution in [2.75, 3.05) is 0 Å². The van der Waals surface area contributed by atoms with Gasteiger partial charge in [-0.3, -0.25) is 4.57 Å². The van der Waals surface area contributed by atoms with Gasteiger partial charge in [0.2, 0.25) is 7.37 Å².